The van der Waals surface area contributed by atoms with E-state index >= 15 is 0 Å². The molecule has 0 saturated heterocycles. The Bertz CT molecular complexity index is 581. The number of benzene rings is 1. The van der Waals surface area contributed by atoms with E-state index < -0.39 is 22.9 Å². The molecule has 8 heteroatoms. The molecule has 1 unspecified atom stereocenters. The zero-order valence-electron chi connectivity index (χ0n) is 9.00. The molecule has 0 saturated carbocycles. The molecular weight excluding hydrogens is 240 g/mol. The Morgan fingerprint density at radius 2 is 2.06 bits per heavy atom. The van der Waals surface area contributed by atoms with E-state index in [0.29, 0.717) is 5.56 Å². The Hall–Kier alpha value is -2.77. The van der Waals surface area contributed by atoms with Crippen LogP contribution in [0.1, 0.15) is 11.6 Å². The number of rotatable bonds is 4. The van der Waals surface area contributed by atoms with Crippen LogP contribution in [0.25, 0.3) is 0 Å². The number of hydrogen-bond acceptors (Lipinski definition) is 5. The lowest BCUT2D eigenvalue weighted by Gasteiger charge is -2.09. The van der Waals surface area contributed by atoms with Gasteiger partial charge in [0, 0.05) is 5.10 Å². The van der Waals surface area contributed by atoms with Gasteiger partial charge in [-0.05, 0) is 10.5 Å². The number of aromatic nitrogens is 3. The van der Waals surface area contributed by atoms with Gasteiger partial charge in [0.15, 0.2) is 6.04 Å². The number of nitrogens with zero attached hydrogens (tertiary/aromatic N) is 4. The molecule has 1 atom stereocenters. The van der Waals surface area contributed by atoms with Crippen LogP contribution in [-0.2, 0) is 4.79 Å². The predicted molar refractivity (Wildman–Crippen MR) is 58.9 cm³/mol. The highest BCUT2D eigenvalue weighted by molar-refractivity contribution is 5.75. The topological polar surface area (TPSA) is 111 Å². The Kier molecular flexibility index (Phi) is 3.00. The molecule has 18 heavy (non-hydrogen) atoms. The maximum atomic E-state index is 11.2. The van der Waals surface area contributed by atoms with Gasteiger partial charge in [0.05, 0.1) is 0 Å². The van der Waals surface area contributed by atoms with Gasteiger partial charge in [-0.2, -0.15) is 4.68 Å². The molecule has 0 bridgehead atoms. The summed E-state index contributed by atoms with van der Waals surface area (Å²) in [5.41, 5.74) is 0.463. The summed E-state index contributed by atoms with van der Waals surface area (Å²) >= 11 is 0. The highest BCUT2D eigenvalue weighted by atomic mass is 16.6. The Labute approximate surface area is 101 Å². The summed E-state index contributed by atoms with van der Waals surface area (Å²) < 4.78 is 0.954. The number of carbonyl (C=O) groups is 1. The highest BCUT2D eigenvalue weighted by Gasteiger charge is 2.27. The zero-order valence-corrected chi connectivity index (χ0v) is 9.00. The summed E-state index contributed by atoms with van der Waals surface area (Å²) in [6, 6.07) is 7.17. The number of carboxylic acid groups (broad SMARTS) is 1. The Morgan fingerprint density at radius 1 is 1.39 bits per heavy atom. The first-order valence-corrected chi connectivity index (χ1v) is 4.93. The molecule has 2 aromatic rings. The number of hydrogen-bond donors (Lipinski definition) is 1. The molecule has 0 aliphatic carbocycles. The quantitative estimate of drug-likeness (QED) is 0.634. The van der Waals surface area contributed by atoms with Crippen LogP contribution in [0, 0.1) is 10.1 Å². The second kappa shape index (κ2) is 4.62. The SMILES string of the molecule is O=C(O)C(c1ccccc1)n1cnc([N+](=O)[O-])n1. The van der Waals surface area contributed by atoms with Gasteiger partial charge >= 0.3 is 11.9 Å². The van der Waals surface area contributed by atoms with Crippen LogP contribution in [0.3, 0.4) is 0 Å². The van der Waals surface area contributed by atoms with Gasteiger partial charge in [-0.1, -0.05) is 35.3 Å². The minimum absolute atomic E-state index is 0.463. The molecule has 0 amide bonds. The summed E-state index contributed by atoms with van der Waals surface area (Å²) in [6.45, 7) is 0. The van der Waals surface area contributed by atoms with Crippen molar-refractivity contribution in [2.75, 3.05) is 0 Å². The molecule has 1 heterocycles. The van der Waals surface area contributed by atoms with E-state index in [1.54, 1.807) is 30.3 Å². The molecule has 0 fully saturated rings. The van der Waals surface area contributed by atoms with Crippen LogP contribution in [0.15, 0.2) is 36.7 Å². The van der Waals surface area contributed by atoms with E-state index in [2.05, 4.69) is 10.1 Å². The van der Waals surface area contributed by atoms with Crippen molar-refractivity contribution in [2.24, 2.45) is 0 Å². The largest absolute Gasteiger partial charge is 0.490 e. The first-order valence-electron chi connectivity index (χ1n) is 4.93. The van der Waals surface area contributed by atoms with E-state index in [9.17, 15) is 14.9 Å². The summed E-state index contributed by atoms with van der Waals surface area (Å²) in [5.74, 6) is -1.79. The molecule has 0 radical (unpaired) electrons. The van der Waals surface area contributed by atoms with Gasteiger partial charge < -0.3 is 15.2 Å². The number of nitro groups is 1. The molecule has 1 N–H and O–H groups in total. The van der Waals surface area contributed by atoms with E-state index in [0.717, 1.165) is 11.0 Å². The van der Waals surface area contributed by atoms with Crippen molar-refractivity contribution in [3.8, 4) is 0 Å². The van der Waals surface area contributed by atoms with Gasteiger partial charge in [-0.15, -0.1) is 0 Å². The van der Waals surface area contributed by atoms with Gasteiger partial charge in [-0.25, -0.2) is 4.79 Å². The standard InChI is InChI=1S/C10H8N4O4/c15-9(16)8(7-4-2-1-3-5-7)13-6-11-10(12-13)14(17)18/h1-6,8H,(H,15,16). The van der Waals surface area contributed by atoms with Crippen molar-refractivity contribution in [2.45, 2.75) is 6.04 Å². The molecule has 2 rings (SSSR count). The minimum Gasteiger partial charge on any atom is -0.479 e. The van der Waals surface area contributed by atoms with E-state index in [-0.39, 0.29) is 0 Å². The van der Waals surface area contributed by atoms with Gasteiger partial charge in [0.25, 0.3) is 0 Å². The van der Waals surface area contributed by atoms with Crippen LogP contribution in [0.5, 0.6) is 0 Å². The summed E-state index contributed by atoms with van der Waals surface area (Å²) in [6.07, 6.45) is 1.03. The monoisotopic (exact) mass is 248 g/mol. The van der Waals surface area contributed by atoms with Crippen LogP contribution < -0.4 is 0 Å². The summed E-state index contributed by atoms with van der Waals surface area (Å²) in [7, 11) is 0. The molecule has 0 aliphatic heterocycles. The third-order valence-electron chi connectivity index (χ3n) is 2.27. The molecule has 1 aromatic carbocycles. The lowest BCUT2D eigenvalue weighted by Crippen LogP contribution is -2.20. The Morgan fingerprint density at radius 3 is 2.56 bits per heavy atom. The molecular formula is C10H8N4O4. The van der Waals surface area contributed by atoms with E-state index in [1.807, 2.05) is 0 Å². The van der Waals surface area contributed by atoms with Crippen molar-refractivity contribution >= 4 is 11.9 Å². The molecule has 1 aromatic heterocycles. The maximum absolute atomic E-state index is 11.2. The fourth-order valence-corrected chi connectivity index (χ4v) is 1.52. The van der Waals surface area contributed by atoms with Crippen LogP contribution >= 0.6 is 0 Å². The number of aliphatic carboxylic acids is 1. The average Bonchev–Trinajstić information content (AvgIpc) is 2.79. The predicted octanol–water partition coefficient (Wildman–Crippen LogP) is 0.860. The van der Waals surface area contributed by atoms with Crippen molar-refractivity contribution in [1.82, 2.24) is 14.8 Å². The fourth-order valence-electron chi connectivity index (χ4n) is 1.52. The fraction of sp³-hybridized carbons (Fsp3) is 0.100. The third kappa shape index (κ3) is 2.17. The van der Waals surface area contributed by atoms with Crippen LogP contribution in [-0.4, -0.2) is 30.8 Å². The molecule has 0 aliphatic rings. The molecule has 92 valence electrons. The van der Waals surface area contributed by atoms with Crippen LogP contribution in [0.4, 0.5) is 5.95 Å². The van der Waals surface area contributed by atoms with E-state index in [1.165, 1.54) is 0 Å². The second-order valence-electron chi connectivity index (χ2n) is 3.43. The second-order valence-corrected chi connectivity index (χ2v) is 3.43. The van der Waals surface area contributed by atoms with Gasteiger partial charge in [-0.3, -0.25) is 0 Å². The number of carboxylic acids is 1. The van der Waals surface area contributed by atoms with Crippen LogP contribution in [0.2, 0.25) is 0 Å². The maximum Gasteiger partial charge on any atom is 0.490 e. The van der Waals surface area contributed by atoms with Gasteiger partial charge in [0.1, 0.15) is 0 Å². The highest BCUT2D eigenvalue weighted by Crippen LogP contribution is 2.18. The lowest BCUT2D eigenvalue weighted by molar-refractivity contribution is -0.394. The first-order chi connectivity index (χ1) is 8.59. The smallest absolute Gasteiger partial charge is 0.479 e. The minimum atomic E-state index is -1.17. The molecule has 8 nitrogen and oxygen atoms in total. The lowest BCUT2D eigenvalue weighted by atomic mass is 10.1. The normalized spacial score (nSPS) is 12.0. The summed E-state index contributed by atoms with van der Waals surface area (Å²) in [5, 5.41) is 23.2. The van der Waals surface area contributed by atoms with E-state index in [4.69, 9.17) is 5.11 Å². The zero-order chi connectivity index (χ0) is 13.1. The van der Waals surface area contributed by atoms with Crippen molar-refractivity contribution in [1.29, 1.82) is 0 Å². The Balaban J connectivity index is 2.42. The van der Waals surface area contributed by atoms with Crippen molar-refractivity contribution < 1.29 is 14.8 Å². The average molecular weight is 248 g/mol. The molecule has 0 spiro atoms. The van der Waals surface area contributed by atoms with Crippen molar-refractivity contribution in [3.63, 3.8) is 0 Å². The van der Waals surface area contributed by atoms with Crippen molar-refractivity contribution in [3.05, 3.63) is 52.3 Å². The third-order valence-corrected chi connectivity index (χ3v) is 2.27. The van der Waals surface area contributed by atoms with Gasteiger partial charge in [0.2, 0.25) is 6.33 Å². The summed E-state index contributed by atoms with van der Waals surface area (Å²) in [4.78, 5) is 24.3. The first kappa shape index (κ1) is 11.7.